The van der Waals surface area contributed by atoms with Gasteiger partial charge in [0.05, 0.1) is 5.56 Å². The largest absolute Gasteiger partial charge is 0.339 e. The van der Waals surface area contributed by atoms with Crippen molar-refractivity contribution in [2.75, 3.05) is 13.1 Å². The second-order valence-electron chi connectivity index (χ2n) is 4.41. The number of carbonyl (C=O) groups excluding carboxylic acids is 1. The van der Waals surface area contributed by atoms with Crippen molar-refractivity contribution < 1.29 is 9.18 Å². The molecule has 0 bridgehead atoms. The molecule has 0 atom stereocenters. The Morgan fingerprint density at radius 1 is 1.29 bits per heavy atom. The highest BCUT2D eigenvalue weighted by Gasteiger charge is 2.24. The van der Waals surface area contributed by atoms with E-state index in [9.17, 15) is 9.18 Å². The number of rotatable bonds is 1. The predicted molar refractivity (Wildman–Crippen MR) is 68.6 cm³/mol. The van der Waals surface area contributed by atoms with Gasteiger partial charge in [-0.3, -0.25) is 4.79 Å². The van der Waals surface area contributed by atoms with Crippen LogP contribution < -0.4 is 0 Å². The highest BCUT2D eigenvalue weighted by atomic mass is 79.9. The first-order valence-corrected chi connectivity index (χ1v) is 6.64. The van der Waals surface area contributed by atoms with Gasteiger partial charge in [-0.1, -0.05) is 6.07 Å². The van der Waals surface area contributed by atoms with Gasteiger partial charge in [0, 0.05) is 17.6 Å². The van der Waals surface area contributed by atoms with Gasteiger partial charge in [-0.15, -0.1) is 0 Å². The lowest BCUT2D eigenvalue weighted by Crippen LogP contribution is -2.36. The van der Waals surface area contributed by atoms with Crippen LogP contribution in [0.25, 0.3) is 0 Å². The third-order valence-electron chi connectivity index (χ3n) is 3.14. The predicted octanol–water partition coefficient (Wildman–Crippen LogP) is 3.52. The maximum absolute atomic E-state index is 14.0. The summed E-state index contributed by atoms with van der Waals surface area (Å²) in [5.74, 6) is -0.604. The molecule has 0 saturated carbocycles. The Labute approximate surface area is 109 Å². The van der Waals surface area contributed by atoms with Gasteiger partial charge in [-0.25, -0.2) is 4.39 Å². The Bertz CT molecular complexity index is 441. The van der Waals surface area contributed by atoms with Crippen molar-refractivity contribution in [2.45, 2.75) is 26.2 Å². The van der Waals surface area contributed by atoms with E-state index in [0.29, 0.717) is 10.0 Å². The molecular weight excluding hydrogens is 285 g/mol. The van der Waals surface area contributed by atoms with Crippen molar-refractivity contribution in [1.29, 1.82) is 0 Å². The van der Waals surface area contributed by atoms with Gasteiger partial charge in [0.25, 0.3) is 5.91 Å². The van der Waals surface area contributed by atoms with Crippen molar-refractivity contribution in [2.24, 2.45) is 0 Å². The van der Waals surface area contributed by atoms with E-state index in [4.69, 9.17) is 0 Å². The number of amides is 1. The van der Waals surface area contributed by atoms with E-state index < -0.39 is 5.82 Å². The van der Waals surface area contributed by atoms with Gasteiger partial charge >= 0.3 is 0 Å². The third kappa shape index (κ3) is 2.51. The van der Waals surface area contributed by atoms with Crippen LogP contribution in [0.5, 0.6) is 0 Å². The van der Waals surface area contributed by atoms with Crippen molar-refractivity contribution in [3.63, 3.8) is 0 Å². The van der Waals surface area contributed by atoms with E-state index in [-0.39, 0.29) is 11.5 Å². The number of likely N-dealkylation sites (tertiary alicyclic amines) is 1. The second-order valence-corrected chi connectivity index (χ2v) is 5.26. The molecule has 0 radical (unpaired) electrons. The van der Waals surface area contributed by atoms with E-state index in [1.54, 1.807) is 24.0 Å². The zero-order valence-corrected chi connectivity index (χ0v) is 11.4. The molecule has 92 valence electrons. The standard InChI is InChI=1S/C13H15BrFNO/c1-9-5-6-10(14)11(12(9)15)13(17)16-7-3-2-4-8-16/h5-6H,2-4,7-8H2,1H3. The van der Waals surface area contributed by atoms with E-state index in [0.717, 1.165) is 32.4 Å². The van der Waals surface area contributed by atoms with Crippen LogP contribution in [-0.4, -0.2) is 23.9 Å². The van der Waals surface area contributed by atoms with Crippen LogP contribution >= 0.6 is 15.9 Å². The second kappa shape index (κ2) is 5.17. The van der Waals surface area contributed by atoms with Gasteiger partial charge in [-0.05, 0) is 53.7 Å². The van der Waals surface area contributed by atoms with Gasteiger partial charge in [0.15, 0.2) is 0 Å². The molecule has 1 aromatic rings. The minimum Gasteiger partial charge on any atom is -0.339 e. The average molecular weight is 300 g/mol. The summed E-state index contributed by atoms with van der Waals surface area (Å²) in [4.78, 5) is 14.0. The maximum atomic E-state index is 14.0. The summed E-state index contributed by atoms with van der Waals surface area (Å²) in [6, 6.07) is 3.40. The van der Waals surface area contributed by atoms with Crippen molar-refractivity contribution >= 4 is 21.8 Å². The third-order valence-corrected chi connectivity index (χ3v) is 3.80. The molecule has 1 aliphatic rings. The smallest absolute Gasteiger partial charge is 0.257 e. The molecule has 1 saturated heterocycles. The van der Waals surface area contributed by atoms with E-state index in [2.05, 4.69) is 15.9 Å². The molecule has 1 heterocycles. The molecule has 4 heteroatoms. The topological polar surface area (TPSA) is 20.3 Å². The van der Waals surface area contributed by atoms with Crippen LogP contribution in [0.4, 0.5) is 4.39 Å². The number of nitrogens with zero attached hydrogens (tertiary/aromatic N) is 1. The summed E-state index contributed by atoms with van der Waals surface area (Å²) in [6.45, 7) is 3.14. The molecule has 0 N–H and O–H groups in total. The van der Waals surface area contributed by atoms with Crippen LogP contribution in [0.2, 0.25) is 0 Å². The first-order chi connectivity index (χ1) is 8.11. The summed E-state index contributed by atoms with van der Waals surface area (Å²) >= 11 is 3.26. The number of carbonyl (C=O) groups is 1. The molecule has 0 aromatic heterocycles. The first-order valence-electron chi connectivity index (χ1n) is 5.85. The molecule has 0 spiro atoms. The Balaban J connectivity index is 2.32. The molecule has 17 heavy (non-hydrogen) atoms. The number of piperidine rings is 1. The number of hydrogen-bond donors (Lipinski definition) is 0. The van der Waals surface area contributed by atoms with Crippen LogP contribution in [-0.2, 0) is 0 Å². The van der Waals surface area contributed by atoms with Crippen LogP contribution in [0.1, 0.15) is 35.2 Å². The minimum atomic E-state index is -0.407. The van der Waals surface area contributed by atoms with Crippen molar-refractivity contribution in [3.8, 4) is 0 Å². The Hall–Kier alpha value is -0.900. The number of hydrogen-bond acceptors (Lipinski definition) is 1. The van der Waals surface area contributed by atoms with Crippen LogP contribution in [0.3, 0.4) is 0 Å². The molecule has 1 fully saturated rings. The lowest BCUT2D eigenvalue weighted by Gasteiger charge is -2.27. The number of aryl methyl sites for hydroxylation is 1. The number of benzene rings is 1. The Morgan fingerprint density at radius 3 is 2.59 bits per heavy atom. The molecule has 2 rings (SSSR count). The Kier molecular flexibility index (Phi) is 3.82. The van der Waals surface area contributed by atoms with Gasteiger partial charge in [0.1, 0.15) is 5.82 Å². The summed E-state index contributed by atoms with van der Waals surface area (Å²) in [7, 11) is 0. The lowest BCUT2D eigenvalue weighted by molar-refractivity contribution is 0.0718. The van der Waals surface area contributed by atoms with E-state index in [1.165, 1.54) is 0 Å². The van der Waals surface area contributed by atoms with Crippen molar-refractivity contribution in [1.82, 2.24) is 4.90 Å². The fourth-order valence-corrected chi connectivity index (χ4v) is 2.58. The van der Waals surface area contributed by atoms with Gasteiger partial charge in [0.2, 0.25) is 0 Å². The molecule has 0 unspecified atom stereocenters. The molecular formula is C13H15BrFNO. The summed E-state index contributed by atoms with van der Waals surface area (Å²) in [5.41, 5.74) is 0.681. The highest BCUT2D eigenvalue weighted by Crippen LogP contribution is 2.25. The highest BCUT2D eigenvalue weighted by molar-refractivity contribution is 9.10. The normalized spacial score (nSPS) is 16.1. The fourth-order valence-electron chi connectivity index (χ4n) is 2.11. The maximum Gasteiger partial charge on any atom is 0.257 e. The fraction of sp³-hybridized carbons (Fsp3) is 0.462. The molecule has 1 aliphatic heterocycles. The summed E-state index contributed by atoms with van der Waals surface area (Å²) < 4.78 is 14.5. The van der Waals surface area contributed by atoms with Crippen molar-refractivity contribution in [3.05, 3.63) is 33.5 Å². The summed E-state index contributed by atoms with van der Waals surface area (Å²) in [6.07, 6.45) is 3.18. The molecule has 1 amide bonds. The SMILES string of the molecule is Cc1ccc(Br)c(C(=O)N2CCCCC2)c1F. The lowest BCUT2D eigenvalue weighted by atomic mass is 10.1. The monoisotopic (exact) mass is 299 g/mol. The average Bonchev–Trinajstić information content (AvgIpc) is 2.35. The molecule has 0 aliphatic carbocycles. The molecule has 1 aromatic carbocycles. The zero-order valence-electron chi connectivity index (χ0n) is 9.80. The minimum absolute atomic E-state index is 0.173. The Morgan fingerprint density at radius 2 is 1.94 bits per heavy atom. The zero-order chi connectivity index (χ0) is 12.4. The van der Waals surface area contributed by atoms with E-state index in [1.807, 2.05) is 0 Å². The quantitative estimate of drug-likeness (QED) is 0.777. The van der Waals surface area contributed by atoms with Gasteiger partial charge in [-0.2, -0.15) is 0 Å². The van der Waals surface area contributed by atoms with Gasteiger partial charge < -0.3 is 4.90 Å². The van der Waals surface area contributed by atoms with Crippen LogP contribution in [0.15, 0.2) is 16.6 Å². The number of halogens is 2. The first kappa shape index (κ1) is 12.6. The molecule has 2 nitrogen and oxygen atoms in total. The summed E-state index contributed by atoms with van der Waals surface area (Å²) in [5, 5.41) is 0. The van der Waals surface area contributed by atoms with Crippen LogP contribution in [0, 0.1) is 12.7 Å². The van der Waals surface area contributed by atoms with E-state index >= 15 is 0 Å².